The van der Waals surface area contributed by atoms with Gasteiger partial charge in [0.15, 0.2) is 0 Å². The third kappa shape index (κ3) is 8.46. The van der Waals surface area contributed by atoms with E-state index in [9.17, 15) is 4.79 Å². The highest BCUT2D eigenvalue weighted by atomic mass is 28.3. The highest BCUT2D eigenvalue weighted by Crippen LogP contribution is 2.29. The molecule has 0 saturated heterocycles. The monoisotopic (exact) mass is 314 g/mol. The van der Waals surface area contributed by atoms with Crippen LogP contribution in [0.5, 0.6) is 0 Å². The fourth-order valence-corrected chi connectivity index (χ4v) is 3.72. The van der Waals surface area contributed by atoms with Crippen molar-refractivity contribution in [2.75, 3.05) is 13.2 Å². The second kappa shape index (κ2) is 8.78. The number of rotatable bonds is 7. The lowest BCUT2D eigenvalue weighted by atomic mass is 9.83. The first-order valence-electron chi connectivity index (χ1n) is 8.47. The Labute approximate surface area is 131 Å². The van der Waals surface area contributed by atoms with Gasteiger partial charge in [-0.15, -0.1) is 0 Å². The second-order valence-electron chi connectivity index (χ2n) is 7.92. The summed E-state index contributed by atoms with van der Waals surface area (Å²) in [4.78, 5) is 11.9. The predicted molar refractivity (Wildman–Crippen MR) is 90.8 cm³/mol. The predicted octanol–water partition coefficient (Wildman–Crippen LogP) is 4.24. The average molecular weight is 315 g/mol. The molecule has 1 saturated carbocycles. The number of hydrogen-bond acceptors (Lipinski definition) is 3. The lowest BCUT2D eigenvalue weighted by Crippen LogP contribution is -2.41. The van der Waals surface area contributed by atoms with Crippen LogP contribution in [0.3, 0.4) is 0 Å². The lowest BCUT2D eigenvalue weighted by molar-refractivity contribution is 0.0987. The zero-order valence-corrected chi connectivity index (χ0v) is 15.4. The van der Waals surface area contributed by atoms with Gasteiger partial charge in [-0.1, -0.05) is 58.7 Å². The molecule has 0 spiro atoms. The molecule has 0 aromatic heterocycles. The minimum atomic E-state index is -1.16. The van der Waals surface area contributed by atoms with Crippen LogP contribution in [0.2, 0.25) is 25.7 Å². The number of hydrazine groups is 1. The zero-order valence-electron chi connectivity index (χ0n) is 14.4. The maximum absolute atomic E-state index is 11.9. The minimum Gasteiger partial charge on any atom is -0.449 e. The van der Waals surface area contributed by atoms with Gasteiger partial charge in [0, 0.05) is 14.6 Å². The standard InChI is InChI=1S/C16H34N2O2Si/c1-14(12-15-8-6-5-7-9-15)13-18(17)16(19)20-10-11-21(2,3)4/h14-15H,5-13,17H2,1-4H3. The van der Waals surface area contributed by atoms with Crippen molar-refractivity contribution >= 4 is 14.2 Å². The van der Waals surface area contributed by atoms with Crippen molar-refractivity contribution in [3.05, 3.63) is 0 Å². The summed E-state index contributed by atoms with van der Waals surface area (Å²) in [5.74, 6) is 7.11. The number of nitrogens with zero attached hydrogens (tertiary/aromatic N) is 1. The molecule has 21 heavy (non-hydrogen) atoms. The molecule has 0 aromatic carbocycles. The van der Waals surface area contributed by atoms with Gasteiger partial charge in [-0.25, -0.2) is 15.6 Å². The van der Waals surface area contributed by atoms with E-state index < -0.39 is 8.07 Å². The van der Waals surface area contributed by atoms with Crippen LogP contribution in [0, 0.1) is 11.8 Å². The number of nitrogens with two attached hydrogens (primary N) is 1. The molecule has 5 heteroatoms. The van der Waals surface area contributed by atoms with E-state index in [-0.39, 0.29) is 6.09 Å². The van der Waals surface area contributed by atoms with Gasteiger partial charge in [-0.05, 0) is 24.3 Å². The summed E-state index contributed by atoms with van der Waals surface area (Å²) in [5, 5.41) is 1.26. The van der Waals surface area contributed by atoms with E-state index in [1.165, 1.54) is 43.5 Å². The van der Waals surface area contributed by atoms with Crippen molar-refractivity contribution in [2.24, 2.45) is 17.7 Å². The van der Waals surface area contributed by atoms with Crippen molar-refractivity contribution < 1.29 is 9.53 Å². The average Bonchev–Trinajstić information content (AvgIpc) is 2.38. The van der Waals surface area contributed by atoms with Crippen molar-refractivity contribution in [1.29, 1.82) is 0 Å². The molecule has 1 atom stereocenters. The number of carbonyl (C=O) groups is 1. The van der Waals surface area contributed by atoms with Gasteiger partial charge in [0.2, 0.25) is 0 Å². The maximum Gasteiger partial charge on any atom is 0.424 e. The maximum atomic E-state index is 11.9. The molecule has 1 rings (SSSR count). The molecule has 1 unspecified atom stereocenters. The molecule has 1 aliphatic rings. The van der Waals surface area contributed by atoms with Crippen LogP contribution in [-0.4, -0.2) is 32.3 Å². The molecule has 124 valence electrons. The molecular formula is C16H34N2O2Si. The summed E-state index contributed by atoms with van der Waals surface area (Å²) in [7, 11) is -1.16. The van der Waals surface area contributed by atoms with Crippen LogP contribution in [0.15, 0.2) is 0 Å². The summed E-state index contributed by atoms with van der Waals surface area (Å²) < 4.78 is 5.27. The van der Waals surface area contributed by atoms with E-state index >= 15 is 0 Å². The first kappa shape index (κ1) is 18.5. The minimum absolute atomic E-state index is 0.372. The molecule has 0 heterocycles. The van der Waals surface area contributed by atoms with Gasteiger partial charge in [0.25, 0.3) is 0 Å². The smallest absolute Gasteiger partial charge is 0.424 e. The lowest BCUT2D eigenvalue weighted by Gasteiger charge is -2.27. The fraction of sp³-hybridized carbons (Fsp3) is 0.938. The Balaban J connectivity index is 2.21. The number of amides is 1. The van der Waals surface area contributed by atoms with Crippen molar-refractivity contribution in [1.82, 2.24) is 5.01 Å². The van der Waals surface area contributed by atoms with Gasteiger partial charge in [0.05, 0.1) is 6.61 Å². The largest absolute Gasteiger partial charge is 0.449 e. The summed E-state index contributed by atoms with van der Waals surface area (Å²) in [6.45, 7) is 10.1. The van der Waals surface area contributed by atoms with Gasteiger partial charge < -0.3 is 4.74 Å². The van der Waals surface area contributed by atoms with Crippen LogP contribution >= 0.6 is 0 Å². The Bertz CT molecular complexity index is 312. The number of hydrogen-bond donors (Lipinski definition) is 1. The second-order valence-corrected chi connectivity index (χ2v) is 13.5. The zero-order chi connectivity index (χ0) is 15.9. The first-order chi connectivity index (χ1) is 9.78. The fourth-order valence-electron chi connectivity index (χ4n) is 3.00. The van der Waals surface area contributed by atoms with E-state index in [0.29, 0.717) is 19.1 Å². The van der Waals surface area contributed by atoms with Crippen molar-refractivity contribution in [2.45, 2.75) is 71.1 Å². The number of carbonyl (C=O) groups excluding carboxylic acids is 1. The quantitative estimate of drug-likeness (QED) is 0.331. The number of ether oxygens (including phenoxy) is 1. The van der Waals surface area contributed by atoms with Crippen LogP contribution in [0.4, 0.5) is 4.79 Å². The van der Waals surface area contributed by atoms with E-state index in [4.69, 9.17) is 10.6 Å². The molecule has 1 amide bonds. The Morgan fingerprint density at radius 2 is 1.90 bits per heavy atom. The highest BCUT2D eigenvalue weighted by Gasteiger charge is 2.20. The third-order valence-corrected chi connectivity index (χ3v) is 5.99. The Hall–Kier alpha value is -0.553. The van der Waals surface area contributed by atoms with Crippen LogP contribution < -0.4 is 5.84 Å². The van der Waals surface area contributed by atoms with Gasteiger partial charge >= 0.3 is 6.09 Å². The SMILES string of the molecule is CC(CC1CCCCC1)CN(N)C(=O)OCC[Si](C)(C)C. The van der Waals surface area contributed by atoms with Gasteiger partial charge in [-0.2, -0.15) is 0 Å². The van der Waals surface area contributed by atoms with Gasteiger partial charge in [0.1, 0.15) is 0 Å². The third-order valence-electron chi connectivity index (χ3n) is 4.28. The van der Waals surface area contributed by atoms with E-state index in [0.717, 1.165) is 12.0 Å². The van der Waals surface area contributed by atoms with Crippen molar-refractivity contribution in [3.63, 3.8) is 0 Å². The molecule has 0 radical (unpaired) electrons. The molecule has 2 N–H and O–H groups in total. The Kier molecular flexibility index (Phi) is 7.74. The molecule has 1 aliphatic carbocycles. The summed E-state index contributed by atoms with van der Waals surface area (Å²) in [5.41, 5.74) is 0. The van der Waals surface area contributed by atoms with Crippen LogP contribution in [0.25, 0.3) is 0 Å². The molecule has 0 bridgehead atoms. The molecule has 1 fully saturated rings. The Morgan fingerprint density at radius 3 is 2.48 bits per heavy atom. The summed E-state index contributed by atoms with van der Waals surface area (Å²) >= 11 is 0. The van der Waals surface area contributed by atoms with E-state index in [1.54, 1.807) is 0 Å². The van der Waals surface area contributed by atoms with Crippen molar-refractivity contribution in [3.8, 4) is 0 Å². The topological polar surface area (TPSA) is 55.6 Å². The normalized spacial score (nSPS) is 18.3. The van der Waals surface area contributed by atoms with Crippen LogP contribution in [0.1, 0.15) is 45.4 Å². The van der Waals surface area contributed by atoms with Gasteiger partial charge in [-0.3, -0.25) is 0 Å². The molecular weight excluding hydrogens is 280 g/mol. The summed E-state index contributed by atoms with van der Waals surface area (Å²) in [6.07, 6.45) is 7.60. The highest BCUT2D eigenvalue weighted by molar-refractivity contribution is 6.76. The summed E-state index contributed by atoms with van der Waals surface area (Å²) in [6, 6.07) is 0.990. The molecule has 4 nitrogen and oxygen atoms in total. The molecule has 0 aliphatic heterocycles. The molecule has 0 aromatic rings. The van der Waals surface area contributed by atoms with E-state index in [2.05, 4.69) is 26.6 Å². The van der Waals surface area contributed by atoms with Crippen LogP contribution in [-0.2, 0) is 4.74 Å². The van der Waals surface area contributed by atoms with E-state index in [1.807, 2.05) is 0 Å². The first-order valence-corrected chi connectivity index (χ1v) is 12.2. The Morgan fingerprint density at radius 1 is 1.29 bits per heavy atom.